The van der Waals surface area contributed by atoms with Gasteiger partial charge in [-0.15, -0.1) is 0 Å². The van der Waals surface area contributed by atoms with E-state index in [-0.39, 0.29) is 6.04 Å². The molecule has 0 aliphatic carbocycles. The van der Waals surface area contributed by atoms with Crippen molar-refractivity contribution in [3.05, 3.63) is 0 Å². The van der Waals surface area contributed by atoms with Crippen LogP contribution in [-0.4, -0.2) is 18.1 Å². The summed E-state index contributed by atoms with van der Waals surface area (Å²) in [6, 6.07) is -0.0139. The molecule has 0 aromatic rings. The number of rotatable bonds is 1. The van der Waals surface area contributed by atoms with Gasteiger partial charge in [0.15, 0.2) is 0 Å². The second-order valence-electron chi connectivity index (χ2n) is 1.40. The second kappa shape index (κ2) is 2.93. The Kier molecular flexibility index (Phi) is 2.87. The Morgan fingerprint density at radius 3 is 2.29 bits per heavy atom. The quantitative estimate of drug-likeness (QED) is 0.471. The molecule has 0 aromatic heterocycles. The minimum atomic E-state index is -0.0139. The highest BCUT2D eigenvalue weighted by Gasteiger charge is 1.95. The van der Waals surface area contributed by atoms with Gasteiger partial charge < -0.3 is 11.1 Å². The summed E-state index contributed by atoms with van der Waals surface area (Å²) < 4.78 is 0. The van der Waals surface area contributed by atoms with E-state index < -0.39 is 0 Å². The van der Waals surface area contributed by atoms with Crippen LogP contribution in [0.2, 0.25) is 0 Å². The van der Waals surface area contributed by atoms with Gasteiger partial charge in [-0.25, -0.2) is 0 Å². The molecule has 0 rings (SSSR count). The summed E-state index contributed by atoms with van der Waals surface area (Å²) >= 11 is 4.74. The summed E-state index contributed by atoms with van der Waals surface area (Å²) in [5, 5.41) is 2.77. The van der Waals surface area contributed by atoms with E-state index in [4.69, 9.17) is 18.0 Å². The molecule has 3 heteroatoms. The minimum absolute atomic E-state index is 0.0139. The van der Waals surface area contributed by atoms with Gasteiger partial charge in [-0.3, -0.25) is 0 Å². The standard InChI is InChI=1S/C4H10N2S/c1-3(5)4(7)6-2/h3H,5H2,1-2H3,(H,6,7). The molecule has 0 saturated carbocycles. The van der Waals surface area contributed by atoms with Crippen LogP contribution in [-0.2, 0) is 0 Å². The molecule has 1 atom stereocenters. The number of nitrogens with one attached hydrogen (secondary N) is 1. The summed E-state index contributed by atoms with van der Waals surface area (Å²) in [5.74, 6) is 0. The number of nitrogens with two attached hydrogens (primary N) is 1. The topological polar surface area (TPSA) is 38.0 Å². The van der Waals surface area contributed by atoms with E-state index in [1.54, 1.807) is 7.05 Å². The van der Waals surface area contributed by atoms with Crippen LogP contribution in [0.4, 0.5) is 0 Å². The molecule has 1 unspecified atom stereocenters. The Labute approximate surface area is 49.1 Å². The molecule has 42 valence electrons. The minimum Gasteiger partial charge on any atom is -0.381 e. The van der Waals surface area contributed by atoms with E-state index in [0.29, 0.717) is 4.99 Å². The van der Waals surface area contributed by atoms with Crippen LogP contribution in [0.3, 0.4) is 0 Å². The van der Waals surface area contributed by atoms with Crippen molar-refractivity contribution in [3.63, 3.8) is 0 Å². The third-order valence-corrected chi connectivity index (χ3v) is 1.24. The van der Waals surface area contributed by atoms with Crippen LogP contribution < -0.4 is 11.1 Å². The maximum Gasteiger partial charge on any atom is 0.0918 e. The summed E-state index contributed by atoms with van der Waals surface area (Å²) in [4.78, 5) is 0.708. The predicted molar refractivity (Wildman–Crippen MR) is 35.3 cm³/mol. The maximum absolute atomic E-state index is 5.34. The first-order chi connectivity index (χ1) is 3.18. The molecule has 0 heterocycles. The van der Waals surface area contributed by atoms with E-state index in [9.17, 15) is 0 Å². The van der Waals surface area contributed by atoms with Gasteiger partial charge in [0.25, 0.3) is 0 Å². The van der Waals surface area contributed by atoms with E-state index in [1.165, 1.54) is 0 Å². The molecule has 0 saturated heterocycles. The van der Waals surface area contributed by atoms with Gasteiger partial charge in [-0.1, -0.05) is 12.2 Å². The van der Waals surface area contributed by atoms with Crippen molar-refractivity contribution in [3.8, 4) is 0 Å². The second-order valence-corrected chi connectivity index (χ2v) is 1.84. The Morgan fingerprint density at radius 2 is 2.29 bits per heavy atom. The normalized spacial score (nSPS) is 13.0. The zero-order chi connectivity index (χ0) is 5.86. The lowest BCUT2D eigenvalue weighted by molar-refractivity contribution is 0.940. The average molecular weight is 118 g/mol. The van der Waals surface area contributed by atoms with Gasteiger partial charge in [0, 0.05) is 7.05 Å². The Balaban J connectivity index is 3.35. The first kappa shape index (κ1) is 6.85. The van der Waals surface area contributed by atoms with Crippen LogP contribution in [0.25, 0.3) is 0 Å². The van der Waals surface area contributed by atoms with E-state index in [1.807, 2.05) is 6.92 Å². The molecule has 0 aliphatic rings. The van der Waals surface area contributed by atoms with Gasteiger partial charge >= 0.3 is 0 Å². The van der Waals surface area contributed by atoms with Crippen molar-refractivity contribution in [1.29, 1.82) is 0 Å². The van der Waals surface area contributed by atoms with E-state index >= 15 is 0 Å². The molecule has 2 nitrogen and oxygen atoms in total. The lowest BCUT2D eigenvalue weighted by Crippen LogP contribution is -2.34. The van der Waals surface area contributed by atoms with Crippen LogP contribution in [0.1, 0.15) is 6.92 Å². The third-order valence-electron chi connectivity index (χ3n) is 0.660. The third kappa shape index (κ3) is 2.53. The van der Waals surface area contributed by atoms with Gasteiger partial charge in [0.1, 0.15) is 0 Å². The van der Waals surface area contributed by atoms with Gasteiger partial charge in [-0.2, -0.15) is 0 Å². The number of hydrogen-bond donors (Lipinski definition) is 2. The van der Waals surface area contributed by atoms with Crippen molar-refractivity contribution in [2.75, 3.05) is 7.05 Å². The lowest BCUT2D eigenvalue weighted by atomic mass is 10.4. The smallest absolute Gasteiger partial charge is 0.0918 e. The first-order valence-electron chi connectivity index (χ1n) is 2.15. The van der Waals surface area contributed by atoms with Crippen LogP contribution in [0, 0.1) is 0 Å². The highest BCUT2D eigenvalue weighted by Crippen LogP contribution is 1.74. The summed E-state index contributed by atoms with van der Waals surface area (Å²) in [5.41, 5.74) is 5.34. The highest BCUT2D eigenvalue weighted by atomic mass is 32.1. The molecule has 7 heavy (non-hydrogen) atoms. The van der Waals surface area contributed by atoms with Crippen molar-refractivity contribution < 1.29 is 0 Å². The molecule has 0 radical (unpaired) electrons. The molecule has 0 fully saturated rings. The monoisotopic (exact) mass is 118 g/mol. The van der Waals surface area contributed by atoms with E-state index in [0.717, 1.165) is 0 Å². The van der Waals surface area contributed by atoms with Gasteiger partial charge in [0.05, 0.1) is 11.0 Å². The largest absolute Gasteiger partial charge is 0.381 e. The molecular formula is C4H10N2S. The van der Waals surface area contributed by atoms with Crippen molar-refractivity contribution in [2.45, 2.75) is 13.0 Å². The SMILES string of the molecule is CNC(=S)C(C)N. The first-order valence-corrected chi connectivity index (χ1v) is 2.56. The number of hydrogen-bond acceptors (Lipinski definition) is 2. The highest BCUT2D eigenvalue weighted by molar-refractivity contribution is 7.80. The Morgan fingerprint density at radius 1 is 1.86 bits per heavy atom. The van der Waals surface area contributed by atoms with Crippen LogP contribution in [0.5, 0.6) is 0 Å². The summed E-state index contributed by atoms with van der Waals surface area (Å²) in [7, 11) is 1.77. The lowest BCUT2D eigenvalue weighted by Gasteiger charge is -2.03. The molecular weight excluding hydrogens is 108 g/mol. The van der Waals surface area contributed by atoms with Crippen LogP contribution >= 0.6 is 12.2 Å². The molecule has 0 aromatic carbocycles. The molecule has 0 bridgehead atoms. The van der Waals surface area contributed by atoms with Gasteiger partial charge in [0.2, 0.25) is 0 Å². The Hall–Kier alpha value is -0.150. The fourth-order valence-corrected chi connectivity index (χ4v) is 0.228. The predicted octanol–water partition coefficient (Wildman–Crippen LogP) is -0.120. The van der Waals surface area contributed by atoms with Crippen molar-refractivity contribution >= 4 is 17.2 Å². The summed E-state index contributed by atoms with van der Waals surface area (Å²) in [6.07, 6.45) is 0. The number of thiocarbonyl (C=S) groups is 1. The molecule has 0 aliphatic heterocycles. The van der Waals surface area contributed by atoms with Gasteiger partial charge in [-0.05, 0) is 6.92 Å². The number of likely N-dealkylation sites (N-methyl/N-ethyl adjacent to an activating group) is 1. The average Bonchev–Trinajstić information content (AvgIpc) is 1.65. The fraction of sp³-hybridized carbons (Fsp3) is 0.750. The van der Waals surface area contributed by atoms with E-state index in [2.05, 4.69) is 5.32 Å². The van der Waals surface area contributed by atoms with Crippen molar-refractivity contribution in [2.24, 2.45) is 5.73 Å². The molecule has 3 N–H and O–H groups in total. The fourth-order valence-electron chi connectivity index (χ4n) is 0.228. The molecule has 0 amide bonds. The summed E-state index contributed by atoms with van der Waals surface area (Å²) in [6.45, 7) is 1.85. The van der Waals surface area contributed by atoms with Crippen LogP contribution in [0.15, 0.2) is 0 Å². The van der Waals surface area contributed by atoms with Crippen molar-refractivity contribution in [1.82, 2.24) is 5.32 Å². The zero-order valence-corrected chi connectivity index (χ0v) is 5.38. The zero-order valence-electron chi connectivity index (χ0n) is 4.56. The Bertz CT molecular complexity index is 70.1. The maximum atomic E-state index is 5.34. The molecule has 0 spiro atoms.